The Morgan fingerprint density at radius 2 is 1.97 bits per heavy atom. The van der Waals surface area contributed by atoms with Gasteiger partial charge in [-0.1, -0.05) is 12.1 Å². The fourth-order valence-electron chi connectivity index (χ4n) is 4.01. The van der Waals surface area contributed by atoms with Gasteiger partial charge in [-0.2, -0.15) is 5.10 Å². The van der Waals surface area contributed by atoms with Crippen LogP contribution in [-0.2, 0) is 11.2 Å². The van der Waals surface area contributed by atoms with Crippen molar-refractivity contribution in [2.75, 3.05) is 19.1 Å². The van der Waals surface area contributed by atoms with Crippen LogP contribution in [0.1, 0.15) is 61.0 Å². The monoisotopic (exact) mass is 538 g/mol. The van der Waals surface area contributed by atoms with Crippen molar-refractivity contribution < 1.29 is 23.5 Å². The predicted molar refractivity (Wildman–Crippen MR) is 133 cm³/mol. The summed E-state index contributed by atoms with van der Waals surface area (Å²) < 4.78 is 11.5. The van der Waals surface area contributed by atoms with Crippen molar-refractivity contribution in [1.82, 2.24) is 10.4 Å². The summed E-state index contributed by atoms with van der Waals surface area (Å²) in [7, 11) is 2.87. The highest BCUT2D eigenvalue weighted by Crippen LogP contribution is 2.32. The average Bonchev–Trinajstić information content (AvgIpc) is 3.22. The van der Waals surface area contributed by atoms with Crippen molar-refractivity contribution in [2.45, 2.75) is 26.2 Å². The molecule has 10 heteroatoms. The number of nitrogens with one attached hydrogen (secondary N) is 1. The van der Waals surface area contributed by atoms with Crippen LogP contribution in [0.3, 0.4) is 0 Å². The van der Waals surface area contributed by atoms with Crippen LogP contribution in [0.5, 0.6) is 0 Å². The molecule has 1 aliphatic carbocycles. The molecule has 4 rings (SSSR count). The number of aromatic nitrogens is 1. The molecule has 180 valence electrons. The number of para-hydroxylation sites is 1. The maximum absolute atomic E-state index is 13.4. The number of benzene rings is 1. The lowest BCUT2D eigenvalue weighted by atomic mass is 9.93. The van der Waals surface area contributed by atoms with Crippen LogP contribution in [-0.4, -0.2) is 42.6 Å². The van der Waals surface area contributed by atoms with Gasteiger partial charge >= 0.3 is 5.97 Å². The van der Waals surface area contributed by atoms with E-state index in [1.165, 1.54) is 18.2 Å². The van der Waals surface area contributed by atoms with E-state index in [1.807, 2.05) is 0 Å². The number of esters is 1. The molecule has 0 atom stereocenters. The molecule has 2 aromatic heterocycles. The van der Waals surface area contributed by atoms with Crippen LogP contribution in [0, 0.1) is 6.92 Å². The number of hydrazone groups is 1. The molecule has 2 heterocycles. The van der Waals surface area contributed by atoms with Crippen LogP contribution < -0.4 is 10.3 Å². The summed E-state index contributed by atoms with van der Waals surface area (Å²) in [6, 6.07) is 8.35. The molecule has 1 aliphatic rings. The zero-order valence-corrected chi connectivity index (χ0v) is 21.0. The minimum absolute atomic E-state index is 0.161. The average molecular weight is 539 g/mol. The Hall–Kier alpha value is -3.79. The molecular formula is C25H23BrN4O5. The zero-order valence-electron chi connectivity index (χ0n) is 19.4. The molecule has 0 unspecified atom stereocenters. The third kappa shape index (κ3) is 4.88. The number of anilines is 1. The van der Waals surface area contributed by atoms with Crippen LogP contribution in [0.25, 0.3) is 0 Å². The minimum Gasteiger partial charge on any atom is -0.465 e. The molecule has 0 spiro atoms. The van der Waals surface area contributed by atoms with Gasteiger partial charge in [0.15, 0.2) is 5.76 Å². The Labute approximate surface area is 210 Å². The Kier molecular flexibility index (Phi) is 7.11. The summed E-state index contributed by atoms with van der Waals surface area (Å²) >= 11 is 3.30. The number of carbonyl (C=O) groups is 3. The fourth-order valence-corrected chi connectivity index (χ4v) is 4.38. The van der Waals surface area contributed by atoms with Gasteiger partial charge in [-0.05, 0) is 53.9 Å². The first-order valence-corrected chi connectivity index (χ1v) is 11.7. The topological polar surface area (TPSA) is 114 Å². The molecule has 0 bridgehead atoms. The van der Waals surface area contributed by atoms with E-state index in [0.717, 1.165) is 12.0 Å². The number of hydrogen-bond donors (Lipinski definition) is 1. The number of ether oxygens (including phenoxy) is 1. The van der Waals surface area contributed by atoms with E-state index < -0.39 is 17.8 Å². The van der Waals surface area contributed by atoms with Gasteiger partial charge in [-0.15, -0.1) is 0 Å². The van der Waals surface area contributed by atoms with E-state index in [2.05, 4.69) is 31.4 Å². The maximum atomic E-state index is 13.4. The Morgan fingerprint density at radius 3 is 2.71 bits per heavy atom. The highest BCUT2D eigenvalue weighted by Gasteiger charge is 2.30. The van der Waals surface area contributed by atoms with Gasteiger partial charge in [-0.3, -0.25) is 14.6 Å². The van der Waals surface area contributed by atoms with E-state index in [1.54, 1.807) is 50.5 Å². The van der Waals surface area contributed by atoms with E-state index in [0.29, 0.717) is 45.6 Å². The van der Waals surface area contributed by atoms with Gasteiger partial charge in [0.25, 0.3) is 11.8 Å². The Balaban J connectivity index is 1.62. The molecule has 0 saturated heterocycles. The number of pyridine rings is 1. The third-order valence-corrected chi connectivity index (χ3v) is 6.19. The second-order valence-corrected chi connectivity index (χ2v) is 8.89. The van der Waals surface area contributed by atoms with Gasteiger partial charge < -0.3 is 14.1 Å². The molecule has 0 aliphatic heterocycles. The lowest BCUT2D eigenvalue weighted by molar-refractivity contribution is 0.0601. The van der Waals surface area contributed by atoms with Crippen molar-refractivity contribution in [3.63, 3.8) is 0 Å². The van der Waals surface area contributed by atoms with E-state index in [-0.39, 0.29) is 11.3 Å². The minimum atomic E-state index is -0.540. The van der Waals surface area contributed by atoms with Crippen LogP contribution in [0.4, 0.5) is 5.69 Å². The highest BCUT2D eigenvalue weighted by molar-refractivity contribution is 9.10. The van der Waals surface area contributed by atoms with Gasteiger partial charge in [0.1, 0.15) is 5.76 Å². The number of methoxy groups -OCH3 is 1. The molecule has 35 heavy (non-hydrogen) atoms. The van der Waals surface area contributed by atoms with Crippen LogP contribution in [0.2, 0.25) is 0 Å². The van der Waals surface area contributed by atoms with Crippen molar-refractivity contribution in [1.29, 1.82) is 0 Å². The van der Waals surface area contributed by atoms with Crippen LogP contribution in [0.15, 0.2) is 56.7 Å². The third-order valence-electron chi connectivity index (χ3n) is 5.75. The van der Waals surface area contributed by atoms with Crippen molar-refractivity contribution in [3.8, 4) is 0 Å². The number of furan rings is 1. The number of hydrogen-bond acceptors (Lipinski definition) is 7. The van der Waals surface area contributed by atoms with Gasteiger partial charge in [0, 0.05) is 41.5 Å². The van der Waals surface area contributed by atoms with Crippen LogP contribution >= 0.6 is 15.9 Å². The second kappa shape index (κ2) is 10.2. The first-order valence-electron chi connectivity index (χ1n) is 10.9. The molecule has 0 fully saturated rings. The molecule has 0 saturated carbocycles. The first-order chi connectivity index (χ1) is 16.8. The van der Waals surface area contributed by atoms with Crippen molar-refractivity contribution >= 4 is 45.1 Å². The molecule has 2 amide bonds. The smallest absolute Gasteiger partial charge is 0.339 e. The van der Waals surface area contributed by atoms with E-state index >= 15 is 0 Å². The quantitative estimate of drug-likeness (QED) is 0.383. The largest absolute Gasteiger partial charge is 0.465 e. The summed E-state index contributed by atoms with van der Waals surface area (Å²) in [4.78, 5) is 43.4. The summed E-state index contributed by atoms with van der Waals surface area (Å²) in [6.07, 6.45) is 5.08. The Bertz CT molecular complexity index is 1350. The van der Waals surface area contributed by atoms with Gasteiger partial charge in [0.05, 0.1) is 29.6 Å². The van der Waals surface area contributed by atoms with E-state index in [9.17, 15) is 14.4 Å². The normalized spacial score (nSPS) is 13.8. The number of rotatable bonds is 5. The van der Waals surface area contributed by atoms with Crippen molar-refractivity contribution in [2.24, 2.45) is 5.10 Å². The summed E-state index contributed by atoms with van der Waals surface area (Å²) in [5.41, 5.74) is 5.61. The number of aryl methyl sites for hydroxylation is 1. The summed E-state index contributed by atoms with van der Waals surface area (Å²) in [5, 5.41) is 4.34. The standard InChI is InChI=1S/C25H23BrN4O5/c1-14-21-18(28-29-23(31)15-11-16(26)13-27-12-15)8-6-10-20(21)35-22(14)24(32)30(2)19-9-5-4-7-17(19)25(33)34-3/h4-5,7,9,11-13H,6,8,10H2,1-3H3,(H,29,31)/b28-18+. The summed E-state index contributed by atoms with van der Waals surface area (Å²) in [5.74, 6) is -0.536. The van der Waals surface area contributed by atoms with E-state index in [4.69, 9.17) is 9.15 Å². The highest BCUT2D eigenvalue weighted by atomic mass is 79.9. The van der Waals surface area contributed by atoms with Gasteiger partial charge in [-0.25, -0.2) is 10.2 Å². The SMILES string of the molecule is COC(=O)c1ccccc1N(C)C(=O)c1oc2c(c1C)/C(=N/NC(=O)c1cncc(Br)c1)CCC2. The molecule has 3 aromatic rings. The zero-order chi connectivity index (χ0) is 25.1. The summed E-state index contributed by atoms with van der Waals surface area (Å²) in [6.45, 7) is 1.79. The number of halogens is 1. The van der Waals surface area contributed by atoms with Gasteiger partial charge in [0.2, 0.25) is 0 Å². The molecule has 1 aromatic carbocycles. The number of nitrogens with zero attached hydrogens (tertiary/aromatic N) is 3. The maximum Gasteiger partial charge on any atom is 0.339 e. The molecule has 1 N–H and O–H groups in total. The van der Waals surface area contributed by atoms with Crippen molar-refractivity contribution in [3.05, 3.63) is 81.0 Å². The Morgan fingerprint density at radius 1 is 1.20 bits per heavy atom. The fraction of sp³-hybridized carbons (Fsp3) is 0.240. The first kappa shape index (κ1) is 24.3. The second-order valence-electron chi connectivity index (χ2n) is 7.97. The number of fused-ring (bicyclic) bond motifs is 1. The molecule has 0 radical (unpaired) electrons. The number of carbonyl (C=O) groups excluding carboxylic acids is 3. The lowest BCUT2D eigenvalue weighted by Gasteiger charge is -2.19. The number of amides is 2. The molecule has 9 nitrogen and oxygen atoms in total. The predicted octanol–water partition coefficient (Wildman–Crippen LogP) is 4.28. The lowest BCUT2D eigenvalue weighted by Crippen LogP contribution is -2.28. The molecular weight excluding hydrogens is 516 g/mol.